The van der Waals surface area contributed by atoms with Gasteiger partial charge in [-0.15, -0.1) is 0 Å². The Morgan fingerprint density at radius 3 is 2.67 bits per heavy atom. The minimum absolute atomic E-state index is 0.161. The van der Waals surface area contributed by atoms with Crippen LogP contribution in [0.1, 0.15) is 12.1 Å². The molecular weight excluding hydrogens is 406 g/mol. The van der Waals surface area contributed by atoms with Crippen LogP contribution in [-0.2, 0) is 10.0 Å². The molecule has 0 spiro atoms. The molecule has 30 heavy (non-hydrogen) atoms. The van der Waals surface area contributed by atoms with Crippen LogP contribution in [0.25, 0.3) is 10.8 Å². The van der Waals surface area contributed by atoms with E-state index >= 15 is 0 Å². The maximum absolute atomic E-state index is 12.3. The molecule has 0 unspecified atom stereocenters. The molecule has 0 saturated heterocycles. The third-order valence-corrected chi connectivity index (χ3v) is 4.73. The van der Waals surface area contributed by atoms with Gasteiger partial charge in [0.1, 0.15) is 5.82 Å². The lowest BCUT2D eigenvalue weighted by atomic mass is 10.1. The van der Waals surface area contributed by atoms with E-state index in [4.69, 9.17) is 0 Å². The van der Waals surface area contributed by atoms with E-state index in [0.29, 0.717) is 36.7 Å². The topological polar surface area (TPSA) is 138 Å². The highest BCUT2D eigenvalue weighted by Gasteiger charge is 2.08. The number of anilines is 3. The fourth-order valence-corrected chi connectivity index (χ4v) is 3.22. The maximum Gasteiger partial charge on any atom is 0.326 e. The first-order valence-corrected chi connectivity index (χ1v) is 11.1. The Morgan fingerprint density at radius 1 is 1.03 bits per heavy atom. The zero-order valence-corrected chi connectivity index (χ0v) is 17.5. The van der Waals surface area contributed by atoms with Crippen molar-refractivity contribution in [1.82, 2.24) is 19.7 Å². The third-order valence-electron chi connectivity index (χ3n) is 4.00. The Bertz CT molecular complexity index is 1150. The van der Waals surface area contributed by atoms with Crippen molar-refractivity contribution in [2.75, 3.05) is 35.3 Å². The molecule has 158 valence electrons. The van der Waals surface area contributed by atoms with E-state index < -0.39 is 16.1 Å². The summed E-state index contributed by atoms with van der Waals surface area (Å²) < 4.78 is 24.5. The molecule has 2 heterocycles. The number of hydrogen-bond acceptors (Lipinski definition) is 7. The van der Waals surface area contributed by atoms with Crippen molar-refractivity contribution in [2.24, 2.45) is 0 Å². The van der Waals surface area contributed by atoms with Gasteiger partial charge in [0.25, 0.3) is 0 Å². The predicted molar refractivity (Wildman–Crippen MR) is 117 cm³/mol. The Balaban J connectivity index is 1.56. The molecule has 0 aliphatic heterocycles. The van der Waals surface area contributed by atoms with E-state index in [9.17, 15) is 13.2 Å². The first-order valence-electron chi connectivity index (χ1n) is 9.24. The number of urea groups is 1. The second-order valence-electron chi connectivity index (χ2n) is 6.68. The van der Waals surface area contributed by atoms with Gasteiger partial charge in [-0.3, -0.25) is 10.3 Å². The van der Waals surface area contributed by atoms with E-state index in [1.807, 2.05) is 18.2 Å². The number of sulfonamides is 1. The number of carbonyl (C=O) groups is 1. The largest absolute Gasteiger partial charge is 0.370 e. The summed E-state index contributed by atoms with van der Waals surface area (Å²) in [6.07, 6.45) is 5.15. The van der Waals surface area contributed by atoms with Crippen molar-refractivity contribution >= 4 is 44.3 Å². The number of amides is 2. The summed E-state index contributed by atoms with van der Waals surface area (Å²) >= 11 is 0. The fourth-order valence-electron chi connectivity index (χ4n) is 2.70. The molecule has 2 amide bonds. The van der Waals surface area contributed by atoms with Crippen LogP contribution < -0.4 is 20.7 Å². The summed E-state index contributed by atoms with van der Waals surface area (Å²) in [5, 5.41) is 10.4. The number of carbonyl (C=O) groups excluding carboxylic acids is 1. The fraction of sp³-hybridized carbons (Fsp3) is 0.263. The van der Waals surface area contributed by atoms with Gasteiger partial charge in [0.05, 0.1) is 6.26 Å². The summed E-state index contributed by atoms with van der Waals surface area (Å²) in [5.74, 6) is 0.699. The molecule has 3 rings (SSSR count). The number of hydrogen-bond donors (Lipinski definition) is 4. The second-order valence-corrected chi connectivity index (χ2v) is 8.51. The van der Waals surface area contributed by atoms with Crippen LogP contribution in [-0.4, -0.2) is 48.7 Å². The first kappa shape index (κ1) is 21.4. The van der Waals surface area contributed by atoms with Gasteiger partial charge in [-0.25, -0.2) is 22.9 Å². The van der Waals surface area contributed by atoms with Crippen molar-refractivity contribution in [2.45, 2.75) is 13.3 Å². The van der Waals surface area contributed by atoms with Gasteiger partial charge >= 0.3 is 6.03 Å². The molecule has 4 N–H and O–H groups in total. The van der Waals surface area contributed by atoms with Crippen LogP contribution in [0.15, 0.2) is 42.7 Å². The Labute approximate surface area is 174 Å². The molecule has 11 heteroatoms. The average molecular weight is 430 g/mol. The average Bonchev–Trinajstić information content (AvgIpc) is 2.66. The Kier molecular flexibility index (Phi) is 6.75. The van der Waals surface area contributed by atoms with Crippen LogP contribution >= 0.6 is 0 Å². The van der Waals surface area contributed by atoms with Crippen molar-refractivity contribution in [3.8, 4) is 0 Å². The molecule has 10 nitrogen and oxygen atoms in total. The molecule has 0 radical (unpaired) electrons. The van der Waals surface area contributed by atoms with E-state index in [1.165, 1.54) is 0 Å². The van der Waals surface area contributed by atoms with Gasteiger partial charge in [0.15, 0.2) is 0 Å². The van der Waals surface area contributed by atoms with Gasteiger partial charge < -0.3 is 10.6 Å². The number of benzene rings is 1. The summed E-state index contributed by atoms with van der Waals surface area (Å²) in [4.78, 5) is 24.9. The normalized spacial score (nSPS) is 11.3. The molecule has 0 aliphatic carbocycles. The molecule has 2 aromatic heterocycles. The molecule has 1 aromatic carbocycles. The number of fused-ring (bicyclic) bond motifs is 1. The highest BCUT2D eigenvalue weighted by molar-refractivity contribution is 7.88. The molecule has 0 atom stereocenters. The van der Waals surface area contributed by atoms with E-state index in [2.05, 4.69) is 35.6 Å². The van der Waals surface area contributed by atoms with Gasteiger partial charge in [-0.1, -0.05) is 6.07 Å². The van der Waals surface area contributed by atoms with Crippen LogP contribution in [0.2, 0.25) is 0 Å². The number of pyridine rings is 1. The van der Waals surface area contributed by atoms with Gasteiger partial charge in [-0.05, 0) is 36.9 Å². The summed E-state index contributed by atoms with van der Waals surface area (Å²) in [6.45, 7) is 2.63. The molecule has 0 saturated carbocycles. The smallest absolute Gasteiger partial charge is 0.326 e. The van der Waals surface area contributed by atoms with E-state index in [1.54, 1.807) is 31.5 Å². The zero-order valence-electron chi connectivity index (χ0n) is 16.6. The highest BCUT2D eigenvalue weighted by atomic mass is 32.2. The SMILES string of the molecule is Cc1cc(NCCCNS(C)(=O)=O)nc(NC(=O)Nc2ccc3cnccc3c2)n1. The summed E-state index contributed by atoms with van der Waals surface area (Å²) in [7, 11) is -3.20. The van der Waals surface area contributed by atoms with Crippen LogP contribution in [0.4, 0.5) is 22.2 Å². The van der Waals surface area contributed by atoms with Gasteiger partial charge in [0, 0.05) is 48.3 Å². The van der Waals surface area contributed by atoms with Crippen LogP contribution in [0.5, 0.6) is 0 Å². The van der Waals surface area contributed by atoms with Gasteiger partial charge in [-0.2, -0.15) is 4.98 Å². The van der Waals surface area contributed by atoms with Crippen molar-refractivity contribution in [3.05, 3.63) is 48.4 Å². The third kappa shape index (κ3) is 6.64. The van der Waals surface area contributed by atoms with Crippen molar-refractivity contribution in [3.63, 3.8) is 0 Å². The molecular formula is C19H23N7O3S. The lowest BCUT2D eigenvalue weighted by Crippen LogP contribution is -2.24. The number of aryl methyl sites for hydroxylation is 1. The highest BCUT2D eigenvalue weighted by Crippen LogP contribution is 2.18. The lowest BCUT2D eigenvalue weighted by molar-refractivity contribution is 0.262. The van der Waals surface area contributed by atoms with Gasteiger partial charge in [0.2, 0.25) is 16.0 Å². The molecule has 0 fully saturated rings. The van der Waals surface area contributed by atoms with Crippen LogP contribution in [0.3, 0.4) is 0 Å². The molecule has 0 aliphatic rings. The van der Waals surface area contributed by atoms with E-state index in [0.717, 1.165) is 17.0 Å². The summed E-state index contributed by atoms with van der Waals surface area (Å²) in [5.41, 5.74) is 1.31. The monoisotopic (exact) mass is 429 g/mol. The second kappa shape index (κ2) is 9.46. The van der Waals surface area contributed by atoms with Crippen molar-refractivity contribution in [1.29, 1.82) is 0 Å². The Hall–Kier alpha value is -3.31. The minimum Gasteiger partial charge on any atom is -0.370 e. The minimum atomic E-state index is -3.20. The standard InChI is InChI=1S/C19H23N7O3S/c1-13-10-17(21-7-3-8-22-30(2,28)29)25-18(23-13)26-19(27)24-16-5-4-15-12-20-9-6-14(15)11-16/h4-6,9-12,22H,3,7-8H2,1-2H3,(H3,21,23,24,25,26,27). The number of nitrogens with one attached hydrogen (secondary N) is 4. The number of nitrogens with zero attached hydrogens (tertiary/aromatic N) is 3. The molecule has 3 aromatic rings. The quantitative estimate of drug-likeness (QED) is 0.403. The van der Waals surface area contributed by atoms with Crippen LogP contribution in [0, 0.1) is 6.92 Å². The van der Waals surface area contributed by atoms with Crippen molar-refractivity contribution < 1.29 is 13.2 Å². The maximum atomic E-state index is 12.3. The first-order chi connectivity index (χ1) is 14.3. The Morgan fingerprint density at radius 2 is 1.87 bits per heavy atom. The summed E-state index contributed by atoms with van der Waals surface area (Å²) in [6, 6.07) is 8.67. The number of aromatic nitrogens is 3. The number of rotatable bonds is 8. The lowest BCUT2D eigenvalue weighted by Gasteiger charge is -2.10. The predicted octanol–water partition coefficient (Wildman–Crippen LogP) is 2.33. The zero-order chi connectivity index (χ0) is 21.6. The molecule has 0 bridgehead atoms. The van der Waals surface area contributed by atoms with E-state index in [-0.39, 0.29) is 5.95 Å².